The maximum Gasteiger partial charge on any atom is 0.322 e. The van der Waals surface area contributed by atoms with Crippen LogP contribution in [0.4, 0.5) is 4.79 Å². The van der Waals surface area contributed by atoms with Crippen molar-refractivity contribution in [3.63, 3.8) is 0 Å². The molecule has 0 unspecified atom stereocenters. The summed E-state index contributed by atoms with van der Waals surface area (Å²) < 4.78 is 0. The third-order valence-corrected chi connectivity index (χ3v) is 6.81. The van der Waals surface area contributed by atoms with Gasteiger partial charge in [-0.2, -0.15) is 0 Å². The summed E-state index contributed by atoms with van der Waals surface area (Å²) in [5.74, 6) is 0.602. The van der Waals surface area contributed by atoms with Gasteiger partial charge < -0.3 is 10.4 Å². The third kappa shape index (κ3) is 2.48. The van der Waals surface area contributed by atoms with Crippen molar-refractivity contribution in [2.45, 2.75) is 56.4 Å². The second-order valence-electron chi connectivity index (χ2n) is 8.23. The Kier molecular flexibility index (Phi) is 3.87. The number of hydrogen-bond acceptors (Lipinski definition) is 3. The molecule has 5 heteroatoms. The van der Waals surface area contributed by atoms with E-state index >= 15 is 0 Å². The zero-order chi connectivity index (χ0) is 17.7. The quantitative estimate of drug-likeness (QED) is 0.737. The summed E-state index contributed by atoms with van der Waals surface area (Å²) >= 11 is 0. The van der Waals surface area contributed by atoms with E-state index < -0.39 is 5.54 Å². The molecule has 1 saturated heterocycles. The fourth-order valence-electron chi connectivity index (χ4n) is 5.41. The topological polar surface area (TPSA) is 78.4 Å². The fourth-order valence-corrected chi connectivity index (χ4v) is 5.41. The van der Waals surface area contributed by atoms with E-state index in [4.69, 9.17) is 0 Å². The van der Waals surface area contributed by atoms with Gasteiger partial charge >= 0.3 is 6.03 Å². The molecule has 3 N–H and O–H groups in total. The predicted octanol–water partition coefficient (Wildman–Crippen LogP) is 2.27. The minimum Gasteiger partial charge on any atom is -0.396 e. The van der Waals surface area contributed by atoms with Crippen LogP contribution in [0.3, 0.4) is 0 Å². The summed E-state index contributed by atoms with van der Waals surface area (Å²) in [4.78, 5) is 23.9. The van der Waals surface area contributed by atoms with Crippen molar-refractivity contribution < 1.29 is 14.7 Å². The lowest BCUT2D eigenvalue weighted by Crippen LogP contribution is -2.53. The highest BCUT2D eigenvalue weighted by Crippen LogP contribution is 2.55. The number of rotatable bonds is 3. The van der Waals surface area contributed by atoms with Gasteiger partial charge in [-0.05, 0) is 66.9 Å². The Labute approximate surface area is 148 Å². The van der Waals surface area contributed by atoms with E-state index in [1.165, 1.54) is 11.1 Å². The lowest BCUT2D eigenvalue weighted by Gasteiger charge is -2.46. The number of aliphatic hydroxyl groups is 1. The van der Waals surface area contributed by atoms with Crippen molar-refractivity contribution in [1.29, 1.82) is 0 Å². The van der Waals surface area contributed by atoms with Crippen molar-refractivity contribution in [3.8, 4) is 0 Å². The molecule has 2 atom stereocenters. The molecule has 0 aromatic heterocycles. The molecule has 0 bridgehead atoms. The highest BCUT2D eigenvalue weighted by atomic mass is 16.3. The molecule has 1 aliphatic heterocycles. The van der Waals surface area contributed by atoms with Crippen LogP contribution in [-0.4, -0.2) is 29.2 Å². The molecule has 3 amide bonds. The van der Waals surface area contributed by atoms with Crippen LogP contribution in [0.2, 0.25) is 0 Å². The average Bonchev–Trinajstić information content (AvgIpc) is 3.05. The second kappa shape index (κ2) is 5.84. The Balaban J connectivity index is 1.64. The molecular formula is C20H26N2O3. The van der Waals surface area contributed by atoms with E-state index in [0.29, 0.717) is 18.8 Å². The minimum atomic E-state index is -0.715. The lowest BCUT2D eigenvalue weighted by atomic mass is 9.60. The normalized spacial score (nSPS) is 34.9. The second-order valence-corrected chi connectivity index (χ2v) is 8.23. The van der Waals surface area contributed by atoms with Crippen LogP contribution in [0.25, 0.3) is 0 Å². The Bertz CT molecular complexity index is 707. The summed E-state index contributed by atoms with van der Waals surface area (Å²) in [6, 6.07) is 8.30. The summed E-state index contributed by atoms with van der Waals surface area (Å²) in [5, 5.41) is 14.8. The molecule has 0 radical (unpaired) electrons. The van der Waals surface area contributed by atoms with Gasteiger partial charge in [0, 0.05) is 6.61 Å². The summed E-state index contributed by atoms with van der Waals surface area (Å²) in [5.41, 5.74) is 2.18. The van der Waals surface area contributed by atoms with Crippen LogP contribution in [0.1, 0.15) is 50.2 Å². The van der Waals surface area contributed by atoms with E-state index in [0.717, 1.165) is 25.7 Å². The lowest BCUT2D eigenvalue weighted by molar-refractivity contribution is -0.125. The van der Waals surface area contributed by atoms with Crippen LogP contribution in [0.5, 0.6) is 0 Å². The van der Waals surface area contributed by atoms with Crippen LogP contribution in [0, 0.1) is 11.8 Å². The Hall–Kier alpha value is -1.88. The van der Waals surface area contributed by atoms with Crippen molar-refractivity contribution in [2.75, 3.05) is 6.61 Å². The molecule has 5 nitrogen and oxygen atoms in total. The van der Waals surface area contributed by atoms with E-state index in [-0.39, 0.29) is 29.9 Å². The van der Waals surface area contributed by atoms with Crippen molar-refractivity contribution in [3.05, 3.63) is 35.4 Å². The number of aliphatic hydroxyl groups excluding tert-OH is 1. The van der Waals surface area contributed by atoms with Gasteiger partial charge in [-0.1, -0.05) is 31.2 Å². The number of urea groups is 1. The standard InChI is InChI=1S/C20H26N2O3/c1-13(12-23)10-15-11-14-4-2-3-5-16(14)19(15)6-8-20(9-7-19)17(24)21-18(25)22-20/h2-5,13,15,23H,6-12H2,1H3,(H2,21,22,24,25)/t13-,15+,19?,20?/m1/s1. The van der Waals surface area contributed by atoms with Crippen LogP contribution in [-0.2, 0) is 16.6 Å². The van der Waals surface area contributed by atoms with Crippen LogP contribution < -0.4 is 10.6 Å². The predicted molar refractivity (Wildman–Crippen MR) is 94.1 cm³/mol. The molecule has 1 saturated carbocycles. The summed E-state index contributed by atoms with van der Waals surface area (Å²) in [6.07, 6.45) is 5.22. The number of carbonyl (C=O) groups excluding carboxylic acids is 2. The average molecular weight is 342 g/mol. The van der Waals surface area contributed by atoms with E-state index in [9.17, 15) is 14.7 Å². The Morgan fingerprint density at radius 2 is 1.92 bits per heavy atom. The van der Waals surface area contributed by atoms with Crippen molar-refractivity contribution in [2.24, 2.45) is 11.8 Å². The number of imide groups is 1. The summed E-state index contributed by atoms with van der Waals surface area (Å²) in [6.45, 7) is 2.32. The monoisotopic (exact) mass is 342 g/mol. The molecule has 1 aromatic rings. The number of nitrogens with one attached hydrogen (secondary N) is 2. The molecule has 134 valence electrons. The van der Waals surface area contributed by atoms with Crippen LogP contribution in [0.15, 0.2) is 24.3 Å². The summed E-state index contributed by atoms with van der Waals surface area (Å²) in [7, 11) is 0. The molecule has 4 rings (SSSR count). The molecule has 1 heterocycles. The maximum atomic E-state index is 12.3. The molecule has 3 aliphatic rings. The minimum absolute atomic E-state index is 0.0683. The van der Waals surface area contributed by atoms with Gasteiger partial charge in [0.1, 0.15) is 5.54 Å². The van der Waals surface area contributed by atoms with Gasteiger partial charge in [0.05, 0.1) is 0 Å². The zero-order valence-corrected chi connectivity index (χ0v) is 14.7. The molecule has 2 aliphatic carbocycles. The zero-order valence-electron chi connectivity index (χ0n) is 14.7. The number of amides is 3. The molecular weight excluding hydrogens is 316 g/mol. The van der Waals surface area contributed by atoms with E-state index in [1.807, 2.05) is 0 Å². The number of benzene rings is 1. The SMILES string of the molecule is C[C@@H](CO)C[C@H]1Cc2ccccc2C12CCC1(CC2)NC(=O)NC1=O. The Morgan fingerprint density at radius 3 is 2.56 bits per heavy atom. The maximum absolute atomic E-state index is 12.3. The Morgan fingerprint density at radius 1 is 1.20 bits per heavy atom. The first kappa shape index (κ1) is 16.6. The fraction of sp³-hybridized carbons (Fsp3) is 0.600. The molecule has 2 spiro atoms. The smallest absolute Gasteiger partial charge is 0.322 e. The third-order valence-electron chi connectivity index (χ3n) is 6.81. The van der Waals surface area contributed by atoms with E-state index in [2.05, 4.69) is 41.8 Å². The largest absolute Gasteiger partial charge is 0.396 e. The highest BCUT2D eigenvalue weighted by molar-refractivity contribution is 6.07. The van der Waals surface area contributed by atoms with Gasteiger partial charge in [0.15, 0.2) is 0 Å². The van der Waals surface area contributed by atoms with Crippen molar-refractivity contribution in [1.82, 2.24) is 10.6 Å². The van der Waals surface area contributed by atoms with Crippen LogP contribution >= 0.6 is 0 Å². The van der Waals surface area contributed by atoms with Gasteiger partial charge in [0.2, 0.25) is 0 Å². The molecule has 25 heavy (non-hydrogen) atoms. The van der Waals surface area contributed by atoms with Gasteiger partial charge in [0.25, 0.3) is 5.91 Å². The van der Waals surface area contributed by atoms with Gasteiger partial charge in [-0.25, -0.2) is 4.79 Å². The number of hydrogen-bond donors (Lipinski definition) is 3. The number of carbonyl (C=O) groups is 2. The first-order valence-corrected chi connectivity index (χ1v) is 9.32. The van der Waals surface area contributed by atoms with E-state index in [1.54, 1.807) is 0 Å². The highest BCUT2D eigenvalue weighted by Gasteiger charge is 2.56. The van der Waals surface area contributed by atoms with Gasteiger partial charge in [-0.15, -0.1) is 0 Å². The molecule has 2 fully saturated rings. The van der Waals surface area contributed by atoms with Crippen molar-refractivity contribution >= 4 is 11.9 Å². The number of fused-ring (bicyclic) bond motifs is 2. The first-order valence-electron chi connectivity index (χ1n) is 9.32. The molecule has 1 aromatic carbocycles. The first-order chi connectivity index (χ1) is 12.0. The van der Waals surface area contributed by atoms with Gasteiger partial charge in [-0.3, -0.25) is 10.1 Å².